The third-order valence-corrected chi connectivity index (χ3v) is 6.01. The van der Waals surface area contributed by atoms with Gasteiger partial charge in [-0.2, -0.15) is 11.8 Å². The van der Waals surface area contributed by atoms with Gasteiger partial charge in [0.25, 0.3) is 0 Å². The molecule has 0 nitrogen and oxygen atoms in total. The fourth-order valence-corrected chi connectivity index (χ4v) is 5.25. The summed E-state index contributed by atoms with van der Waals surface area (Å²) in [5, 5.41) is 0. The zero-order chi connectivity index (χ0) is 10.3. The van der Waals surface area contributed by atoms with Crippen molar-refractivity contribution < 1.29 is 0 Å². The summed E-state index contributed by atoms with van der Waals surface area (Å²) in [6, 6.07) is 0. The van der Waals surface area contributed by atoms with E-state index in [0.717, 1.165) is 29.1 Å². The van der Waals surface area contributed by atoms with Crippen molar-refractivity contribution >= 4 is 11.8 Å². The van der Waals surface area contributed by atoms with Crippen LogP contribution in [0.3, 0.4) is 0 Å². The number of hydrogen-bond donors (Lipinski definition) is 0. The van der Waals surface area contributed by atoms with Gasteiger partial charge in [0.15, 0.2) is 0 Å². The Morgan fingerprint density at radius 1 is 1.36 bits per heavy atom. The van der Waals surface area contributed by atoms with Crippen LogP contribution in [-0.4, -0.2) is 11.5 Å². The lowest BCUT2D eigenvalue weighted by Crippen LogP contribution is -2.39. The monoisotopic (exact) mass is 212 g/mol. The van der Waals surface area contributed by atoms with Crippen LogP contribution in [0.25, 0.3) is 0 Å². The van der Waals surface area contributed by atoms with Gasteiger partial charge in [-0.3, -0.25) is 0 Å². The van der Waals surface area contributed by atoms with Gasteiger partial charge in [-0.05, 0) is 35.5 Å². The maximum atomic E-state index is 2.48. The minimum absolute atomic E-state index is 0.772. The second kappa shape index (κ2) is 3.73. The molecule has 0 aromatic rings. The molecule has 0 aromatic carbocycles. The van der Waals surface area contributed by atoms with E-state index in [2.05, 4.69) is 39.5 Å². The molecule has 1 aliphatic heterocycles. The Bertz CT molecular complexity index is 205. The van der Waals surface area contributed by atoms with Crippen molar-refractivity contribution in [1.82, 2.24) is 0 Å². The molecule has 82 valence electrons. The highest BCUT2D eigenvalue weighted by atomic mass is 32.2. The average Bonchev–Trinajstić information content (AvgIpc) is 2.70. The van der Waals surface area contributed by atoms with Crippen LogP contribution < -0.4 is 0 Å². The molecule has 1 saturated heterocycles. The molecule has 0 amide bonds. The highest BCUT2D eigenvalue weighted by molar-refractivity contribution is 8.00. The first kappa shape index (κ1) is 10.9. The maximum Gasteiger partial charge on any atom is 0.0000181 e. The van der Waals surface area contributed by atoms with Crippen molar-refractivity contribution in [3.8, 4) is 0 Å². The molecule has 3 unspecified atom stereocenters. The van der Waals surface area contributed by atoms with Crippen LogP contribution in [0.1, 0.15) is 40.5 Å². The summed E-state index contributed by atoms with van der Waals surface area (Å²) in [6.07, 6.45) is 2.87. The van der Waals surface area contributed by atoms with Crippen molar-refractivity contribution in [2.75, 3.05) is 11.5 Å². The standard InChI is InChI=1S/C13H24S/c1-5-6-13(7-14-8-13)12-10(4)11(12)9(2)3/h9-12H,5-8H2,1-4H3. The summed E-state index contributed by atoms with van der Waals surface area (Å²) < 4.78 is 0. The van der Waals surface area contributed by atoms with Crippen molar-refractivity contribution in [3.05, 3.63) is 0 Å². The Labute approximate surface area is 93.2 Å². The molecule has 0 aromatic heterocycles. The van der Waals surface area contributed by atoms with Crippen LogP contribution in [-0.2, 0) is 0 Å². The predicted octanol–water partition coefficient (Wildman–Crippen LogP) is 4.06. The summed E-state index contributed by atoms with van der Waals surface area (Å²) in [7, 11) is 0. The lowest BCUT2D eigenvalue weighted by Gasteiger charge is -2.43. The topological polar surface area (TPSA) is 0 Å². The molecule has 0 spiro atoms. The van der Waals surface area contributed by atoms with Crippen LogP contribution in [0.2, 0.25) is 0 Å². The molecule has 0 N–H and O–H groups in total. The largest absolute Gasteiger partial charge is 0.161 e. The van der Waals surface area contributed by atoms with Crippen molar-refractivity contribution in [2.24, 2.45) is 29.1 Å². The minimum atomic E-state index is 0.772. The van der Waals surface area contributed by atoms with Gasteiger partial charge in [0, 0.05) is 11.5 Å². The first-order valence-corrected chi connectivity index (χ1v) is 7.35. The quantitative estimate of drug-likeness (QED) is 0.677. The third-order valence-electron chi connectivity index (χ3n) is 4.45. The van der Waals surface area contributed by atoms with E-state index in [-0.39, 0.29) is 0 Å². The van der Waals surface area contributed by atoms with Crippen molar-refractivity contribution in [3.63, 3.8) is 0 Å². The molecule has 2 aliphatic rings. The Morgan fingerprint density at radius 2 is 2.00 bits per heavy atom. The zero-order valence-corrected chi connectivity index (χ0v) is 10.9. The minimum Gasteiger partial charge on any atom is -0.161 e. The molecule has 2 fully saturated rings. The molecule has 1 heteroatoms. The molecule has 0 bridgehead atoms. The van der Waals surface area contributed by atoms with Gasteiger partial charge in [-0.25, -0.2) is 0 Å². The summed E-state index contributed by atoms with van der Waals surface area (Å²) in [5.41, 5.74) is 0.772. The van der Waals surface area contributed by atoms with E-state index in [4.69, 9.17) is 0 Å². The van der Waals surface area contributed by atoms with E-state index in [1.54, 1.807) is 0 Å². The highest BCUT2D eigenvalue weighted by Crippen LogP contribution is 2.65. The molecule has 3 atom stereocenters. The van der Waals surface area contributed by atoms with Crippen LogP contribution in [0, 0.1) is 29.1 Å². The molecular weight excluding hydrogens is 188 g/mol. The second-order valence-electron chi connectivity index (χ2n) is 5.81. The SMILES string of the molecule is CCCC1(C2C(C)C2C(C)C)CSC1. The van der Waals surface area contributed by atoms with Crippen LogP contribution >= 0.6 is 11.8 Å². The highest BCUT2D eigenvalue weighted by Gasteiger charge is 2.60. The molecular formula is C13H24S. The Morgan fingerprint density at radius 3 is 2.29 bits per heavy atom. The molecule has 1 aliphatic carbocycles. The van der Waals surface area contributed by atoms with Crippen LogP contribution in [0.4, 0.5) is 0 Å². The van der Waals surface area contributed by atoms with Crippen LogP contribution in [0.5, 0.6) is 0 Å². The number of rotatable bonds is 4. The predicted molar refractivity (Wildman–Crippen MR) is 65.6 cm³/mol. The van der Waals surface area contributed by atoms with Crippen molar-refractivity contribution in [1.29, 1.82) is 0 Å². The first-order chi connectivity index (χ1) is 6.62. The molecule has 0 radical (unpaired) electrons. The number of hydrogen-bond acceptors (Lipinski definition) is 1. The van der Waals surface area contributed by atoms with E-state index in [1.165, 1.54) is 24.3 Å². The molecule has 14 heavy (non-hydrogen) atoms. The summed E-state index contributed by atoms with van der Waals surface area (Å²) in [4.78, 5) is 0. The van der Waals surface area contributed by atoms with Crippen molar-refractivity contribution in [2.45, 2.75) is 40.5 Å². The smallest absolute Gasteiger partial charge is 0.0000181 e. The summed E-state index contributed by atoms with van der Waals surface area (Å²) in [5.74, 6) is 6.96. The first-order valence-electron chi connectivity index (χ1n) is 6.20. The second-order valence-corrected chi connectivity index (χ2v) is 6.80. The number of thioether (sulfide) groups is 1. The molecule has 1 heterocycles. The molecule has 1 saturated carbocycles. The zero-order valence-electron chi connectivity index (χ0n) is 10.0. The third kappa shape index (κ3) is 1.52. The lowest BCUT2D eigenvalue weighted by molar-refractivity contribution is 0.244. The van der Waals surface area contributed by atoms with E-state index < -0.39 is 0 Å². The Kier molecular flexibility index (Phi) is 2.90. The van der Waals surface area contributed by atoms with Gasteiger partial charge in [0.1, 0.15) is 0 Å². The van der Waals surface area contributed by atoms with Gasteiger partial charge in [0.2, 0.25) is 0 Å². The van der Waals surface area contributed by atoms with Gasteiger partial charge in [-0.1, -0.05) is 34.1 Å². The van der Waals surface area contributed by atoms with Gasteiger partial charge >= 0.3 is 0 Å². The van der Waals surface area contributed by atoms with Gasteiger partial charge < -0.3 is 0 Å². The van der Waals surface area contributed by atoms with Crippen LogP contribution in [0.15, 0.2) is 0 Å². The summed E-state index contributed by atoms with van der Waals surface area (Å²) in [6.45, 7) is 9.65. The Hall–Kier alpha value is 0.350. The normalized spacial score (nSPS) is 39.6. The van der Waals surface area contributed by atoms with E-state index in [9.17, 15) is 0 Å². The Balaban J connectivity index is 2.01. The van der Waals surface area contributed by atoms with E-state index in [1.807, 2.05) is 0 Å². The fraction of sp³-hybridized carbons (Fsp3) is 1.00. The lowest BCUT2D eigenvalue weighted by atomic mass is 9.79. The van der Waals surface area contributed by atoms with Gasteiger partial charge in [0.05, 0.1) is 0 Å². The average molecular weight is 212 g/mol. The molecule has 2 rings (SSSR count). The fourth-order valence-electron chi connectivity index (χ4n) is 3.85. The maximum absolute atomic E-state index is 2.48. The summed E-state index contributed by atoms with van der Waals surface area (Å²) >= 11 is 2.17. The van der Waals surface area contributed by atoms with E-state index >= 15 is 0 Å². The van der Waals surface area contributed by atoms with Gasteiger partial charge in [-0.15, -0.1) is 0 Å². The van der Waals surface area contributed by atoms with E-state index in [0.29, 0.717) is 0 Å².